The largest absolute Gasteiger partial charge is 0.376 e. The minimum atomic E-state index is -3.42. The standard InChI is InChI=1S/C13H21N3O4S2/c1-9(11-4-3-7-20-11)16-13(17)15-8-10-5-6-12(21-10)22(18,19)14-2/h5-6,9,11,14H,3-4,7-8H2,1-2H3,(H2,15,16,17)/t9-,11+/m0/s1. The number of amides is 2. The Kier molecular flexibility index (Phi) is 5.79. The molecule has 1 aromatic heterocycles. The third kappa shape index (κ3) is 4.42. The Morgan fingerprint density at radius 3 is 2.91 bits per heavy atom. The maximum atomic E-state index is 11.8. The molecule has 0 spiro atoms. The van der Waals surface area contributed by atoms with Gasteiger partial charge in [-0.05, 0) is 38.9 Å². The summed E-state index contributed by atoms with van der Waals surface area (Å²) in [4.78, 5) is 12.6. The highest BCUT2D eigenvalue weighted by molar-refractivity contribution is 7.91. The van der Waals surface area contributed by atoms with Gasteiger partial charge in [-0.15, -0.1) is 11.3 Å². The molecule has 0 bridgehead atoms. The minimum Gasteiger partial charge on any atom is -0.376 e. The van der Waals surface area contributed by atoms with Crippen molar-refractivity contribution in [3.8, 4) is 0 Å². The Labute approximate surface area is 134 Å². The second-order valence-electron chi connectivity index (χ2n) is 5.10. The molecule has 1 aromatic rings. The van der Waals surface area contributed by atoms with Crippen LogP contribution in [0.5, 0.6) is 0 Å². The van der Waals surface area contributed by atoms with Crippen molar-refractivity contribution in [3.05, 3.63) is 17.0 Å². The van der Waals surface area contributed by atoms with Gasteiger partial charge in [-0.2, -0.15) is 0 Å². The minimum absolute atomic E-state index is 0.0499. The number of carbonyl (C=O) groups is 1. The number of ether oxygens (including phenoxy) is 1. The molecule has 7 nitrogen and oxygen atoms in total. The van der Waals surface area contributed by atoms with Crippen molar-refractivity contribution in [2.45, 2.75) is 42.7 Å². The summed E-state index contributed by atoms with van der Waals surface area (Å²) in [6, 6.07) is 2.89. The lowest BCUT2D eigenvalue weighted by Crippen LogP contribution is -2.45. The fourth-order valence-electron chi connectivity index (χ4n) is 2.21. The molecule has 0 aromatic carbocycles. The molecule has 0 saturated carbocycles. The van der Waals surface area contributed by atoms with E-state index in [2.05, 4.69) is 15.4 Å². The summed E-state index contributed by atoms with van der Waals surface area (Å²) >= 11 is 1.13. The first-order valence-corrected chi connectivity index (χ1v) is 9.40. The predicted octanol–water partition coefficient (Wildman–Crippen LogP) is 1.02. The van der Waals surface area contributed by atoms with Crippen molar-refractivity contribution >= 4 is 27.4 Å². The van der Waals surface area contributed by atoms with Crippen LogP contribution < -0.4 is 15.4 Å². The molecule has 1 saturated heterocycles. The van der Waals surface area contributed by atoms with E-state index < -0.39 is 10.0 Å². The smallest absolute Gasteiger partial charge is 0.315 e. The number of urea groups is 1. The van der Waals surface area contributed by atoms with Gasteiger partial charge in [0.15, 0.2) is 0 Å². The van der Waals surface area contributed by atoms with Gasteiger partial charge in [0, 0.05) is 11.5 Å². The summed E-state index contributed by atoms with van der Waals surface area (Å²) in [6.45, 7) is 2.95. The second-order valence-corrected chi connectivity index (χ2v) is 8.38. The van der Waals surface area contributed by atoms with Gasteiger partial charge in [0.25, 0.3) is 0 Å². The van der Waals surface area contributed by atoms with Gasteiger partial charge in [0.2, 0.25) is 10.0 Å². The maximum Gasteiger partial charge on any atom is 0.315 e. The lowest BCUT2D eigenvalue weighted by Gasteiger charge is -2.20. The fourth-order valence-corrected chi connectivity index (χ4v) is 4.35. The molecule has 2 amide bonds. The summed E-state index contributed by atoms with van der Waals surface area (Å²) < 4.78 is 31.3. The SMILES string of the molecule is CNS(=O)(=O)c1ccc(CNC(=O)N[C@@H](C)[C@H]2CCCO2)s1. The van der Waals surface area contributed by atoms with Crippen molar-refractivity contribution in [2.75, 3.05) is 13.7 Å². The number of nitrogens with one attached hydrogen (secondary N) is 3. The zero-order valence-electron chi connectivity index (χ0n) is 12.6. The Bertz CT molecular complexity index is 609. The Morgan fingerprint density at radius 2 is 2.27 bits per heavy atom. The maximum absolute atomic E-state index is 11.8. The topological polar surface area (TPSA) is 96.5 Å². The molecule has 3 N–H and O–H groups in total. The summed E-state index contributed by atoms with van der Waals surface area (Å²) in [7, 11) is -2.05. The Hall–Kier alpha value is -1.16. The van der Waals surface area contributed by atoms with E-state index in [1.54, 1.807) is 6.07 Å². The van der Waals surface area contributed by atoms with Crippen molar-refractivity contribution in [1.29, 1.82) is 0 Å². The van der Waals surface area contributed by atoms with Crippen LogP contribution in [0.2, 0.25) is 0 Å². The molecule has 2 rings (SSSR count). The van der Waals surface area contributed by atoms with Crippen molar-refractivity contribution in [1.82, 2.24) is 15.4 Å². The average Bonchev–Trinajstić information content (AvgIpc) is 3.16. The van der Waals surface area contributed by atoms with E-state index in [0.717, 1.165) is 35.7 Å². The zero-order valence-corrected chi connectivity index (χ0v) is 14.2. The van der Waals surface area contributed by atoms with E-state index in [9.17, 15) is 13.2 Å². The lowest BCUT2D eigenvalue weighted by molar-refractivity contribution is 0.0860. The molecule has 2 atom stereocenters. The molecule has 22 heavy (non-hydrogen) atoms. The van der Waals surface area contributed by atoms with Crippen LogP contribution in [-0.4, -0.2) is 40.2 Å². The van der Waals surface area contributed by atoms with E-state index >= 15 is 0 Å². The molecule has 0 aliphatic carbocycles. The van der Waals surface area contributed by atoms with Crippen molar-refractivity contribution in [3.63, 3.8) is 0 Å². The van der Waals surface area contributed by atoms with Gasteiger partial charge in [-0.25, -0.2) is 17.9 Å². The van der Waals surface area contributed by atoms with Crippen LogP contribution in [0.4, 0.5) is 4.79 Å². The predicted molar refractivity (Wildman–Crippen MR) is 84.4 cm³/mol. The van der Waals surface area contributed by atoms with Gasteiger partial charge >= 0.3 is 6.03 Å². The van der Waals surface area contributed by atoms with Crippen molar-refractivity contribution in [2.24, 2.45) is 0 Å². The monoisotopic (exact) mass is 347 g/mol. The molecule has 9 heteroatoms. The molecule has 1 fully saturated rings. The van der Waals surface area contributed by atoms with Gasteiger partial charge in [0.05, 0.1) is 18.7 Å². The second kappa shape index (κ2) is 7.40. The highest BCUT2D eigenvalue weighted by atomic mass is 32.2. The quantitative estimate of drug-likeness (QED) is 0.716. The number of hydrogen-bond acceptors (Lipinski definition) is 5. The third-order valence-corrected chi connectivity index (χ3v) is 6.47. The number of sulfonamides is 1. The number of carbonyl (C=O) groups excluding carboxylic acids is 1. The van der Waals surface area contributed by atoms with Crippen LogP contribution in [-0.2, 0) is 21.3 Å². The van der Waals surface area contributed by atoms with Crippen LogP contribution >= 0.6 is 11.3 Å². The summed E-state index contributed by atoms with van der Waals surface area (Å²) in [6.07, 6.45) is 2.05. The zero-order chi connectivity index (χ0) is 16.2. The number of thiophene rings is 1. The van der Waals surface area contributed by atoms with Crippen LogP contribution in [0.15, 0.2) is 16.3 Å². The molecule has 124 valence electrons. The van der Waals surface area contributed by atoms with Crippen LogP contribution in [0.1, 0.15) is 24.6 Å². The molecule has 2 heterocycles. The molecule has 0 radical (unpaired) electrons. The van der Waals surface area contributed by atoms with E-state index in [-0.39, 0.29) is 28.9 Å². The van der Waals surface area contributed by atoms with Crippen molar-refractivity contribution < 1.29 is 17.9 Å². The highest BCUT2D eigenvalue weighted by Gasteiger charge is 2.23. The van der Waals surface area contributed by atoms with E-state index in [0.29, 0.717) is 0 Å². The van der Waals surface area contributed by atoms with Gasteiger partial charge in [-0.1, -0.05) is 0 Å². The van der Waals surface area contributed by atoms with Gasteiger partial charge in [0.1, 0.15) is 4.21 Å². The number of rotatable bonds is 6. The Balaban J connectivity index is 1.81. The first kappa shape index (κ1) is 17.2. The number of hydrogen-bond donors (Lipinski definition) is 3. The lowest BCUT2D eigenvalue weighted by atomic mass is 10.1. The fraction of sp³-hybridized carbons (Fsp3) is 0.615. The van der Waals surface area contributed by atoms with E-state index in [1.807, 2.05) is 6.92 Å². The van der Waals surface area contributed by atoms with Gasteiger partial charge in [-0.3, -0.25) is 0 Å². The molecule has 0 unspecified atom stereocenters. The average molecular weight is 347 g/mol. The third-order valence-electron chi connectivity index (χ3n) is 3.48. The van der Waals surface area contributed by atoms with E-state index in [4.69, 9.17) is 4.74 Å². The van der Waals surface area contributed by atoms with Crippen LogP contribution in [0.3, 0.4) is 0 Å². The first-order chi connectivity index (χ1) is 10.4. The summed E-state index contributed by atoms with van der Waals surface area (Å²) in [5.74, 6) is 0. The molecule has 1 aliphatic rings. The molecule has 1 aliphatic heterocycles. The summed E-state index contributed by atoms with van der Waals surface area (Å²) in [5, 5.41) is 5.56. The van der Waals surface area contributed by atoms with E-state index in [1.165, 1.54) is 13.1 Å². The molecular weight excluding hydrogens is 326 g/mol. The van der Waals surface area contributed by atoms with Crippen LogP contribution in [0, 0.1) is 0 Å². The Morgan fingerprint density at radius 1 is 1.50 bits per heavy atom. The molecular formula is C13H21N3O4S2. The highest BCUT2D eigenvalue weighted by Crippen LogP contribution is 2.21. The van der Waals surface area contributed by atoms with Crippen LogP contribution in [0.25, 0.3) is 0 Å². The first-order valence-electron chi connectivity index (χ1n) is 7.10. The normalized spacial score (nSPS) is 19.8. The summed E-state index contributed by atoms with van der Waals surface area (Å²) in [5.41, 5.74) is 0. The van der Waals surface area contributed by atoms with Gasteiger partial charge < -0.3 is 15.4 Å².